The Balaban J connectivity index is 1.86. The number of hydrogen-bond donors (Lipinski definition) is 1. The van der Waals surface area contributed by atoms with Crippen LogP contribution in [0.3, 0.4) is 0 Å². The molecule has 1 N–H and O–H groups in total. The summed E-state index contributed by atoms with van der Waals surface area (Å²) in [6, 6.07) is 4.28. The average Bonchev–Trinajstić information content (AvgIpc) is 3.08. The predicted molar refractivity (Wildman–Crippen MR) is 76.6 cm³/mol. The van der Waals surface area contributed by atoms with Crippen LogP contribution >= 0.6 is 11.3 Å². The van der Waals surface area contributed by atoms with Crippen LogP contribution in [-0.2, 0) is 6.54 Å². The Labute approximate surface area is 114 Å². The van der Waals surface area contributed by atoms with Gasteiger partial charge in [-0.25, -0.2) is 0 Å². The second-order valence-electron chi connectivity index (χ2n) is 4.81. The van der Waals surface area contributed by atoms with Crippen molar-refractivity contribution < 1.29 is 5.11 Å². The number of aliphatic hydroxyl groups is 1. The lowest BCUT2D eigenvalue weighted by atomic mass is 10.3. The van der Waals surface area contributed by atoms with Crippen molar-refractivity contribution in [1.82, 2.24) is 4.90 Å². The molecule has 1 aliphatic carbocycles. The van der Waals surface area contributed by atoms with Crippen LogP contribution in [-0.4, -0.2) is 29.7 Å². The van der Waals surface area contributed by atoms with E-state index in [0.29, 0.717) is 6.42 Å². The van der Waals surface area contributed by atoms with Gasteiger partial charge in [0.1, 0.15) is 0 Å². The van der Waals surface area contributed by atoms with Crippen molar-refractivity contribution in [3.8, 4) is 11.8 Å². The Morgan fingerprint density at radius 3 is 2.94 bits per heavy atom. The maximum atomic E-state index is 8.68. The van der Waals surface area contributed by atoms with Crippen molar-refractivity contribution in [2.45, 2.75) is 32.7 Å². The molecular weight excluding hydrogens is 242 g/mol. The monoisotopic (exact) mass is 263 g/mol. The number of hydrogen-bond acceptors (Lipinski definition) is 3. The molecule has 0 unspecified atom stereocenters. The summed E-state index contributed by atoms with van der Waals surface area (Å²) < 4.78 is 0. The lowest BCUT2D eigenvalue weighted by molar-refractivity contribution is 0.271. The van der Waals surface area contributed by atoms with Crippen molar-refractivity contribution in [3.63, 3.8) is 0 Å². The normalized spacial score (nSPS) is 14.6. The van der Waals surface area contributed by atoms with Gasteiger partial charge in [-0.15, -0.1) is 11.3 Å². The van der Waals surface area contributed by atoms with Crippen LogP contribution in [0.2, 0.25) is 0 Å². The SMILES string of the molecule is CCN(Cc1ccc(C#CCCO)s1)CC1CC1. The van der Waals surface area contributed by atoms with Crippen molar-refractivity contribution >= 4 is 11.3 Å². The fourth-order valence-corrected chi connectivity index (χ4v) is 2.85. The lowest BCUT2D eigenvalue weighted by Gasteiger charge is -2.18. The summed E-state index contributed by atoms with van der Waals surface area (Å²) in [6.45, 7) is 5.81. The van der Waals surface area contributed by atoms with Crippen LogP contribution in [0.5, 0.6) is 0 Å². The molecule has 18 heavy (non-hydrogen) atoms. The van der Waals surface area contributed by atoms with Crippen molar-refractivity contribution in [2.75, 3.05) is 19.7 Å². The first kappa shape index (κ1) is 13.6. The van der Waals surface area contributed by atoms with E-state index in [1.54, 1.807) is 11.3 Å². The molecule has 0 amide bonds. The molecule has 1 aliphatic rings. The summed E-state index contributed by atoms with van der Waals surface area (Å²) in [6.07, 6.45) is 3.40. The van der Waals surface area contributed by atoms with Gasteiger partial charge in [0.15, 0.2) is 0 Å². The molecule has 1 fully saturated rings. The number of aliphatic hydroxyl groups excluding tert-OH is 1. The van der Waals surface area contributed by atoms with Crippen molar-refractivity contribution in [2.24, 2.45) is 5.92 Å². The van der Waals surface area contributed by atoms with E-state index in [1.165, 1.54) is 24.3 Å². The third-order valence-electron chi connectivity index (χ3n) is 3.15. The first-order chi connectivity index (χ1) is 8.81. The first-order valence-electron chi connectivity index (χ1n) is 6.72. The molecule has 0 bridgehead atoms. The number of rotatable bonds is 6. The van der Waals surface area contributed by atoms with Crippen LogP contribution in [0.4, 0.5) is 0 Å². The van der Waals surface area contributed by atoms with Crippen molar-refractivity contribution in [1.29, 1.82) is 0 Å². The van der Waals surface area contributed by atoms with Gasteiger partial charge in [0.05, 0.1) is 11.5 Å². The van der Waals surface area contributed by atoms with E-state index >= 15 is 0 Å². The van der Waals surface area contributed by atoms with E-state index in [0.717, 1.165) is 23.9 Å². The summed E-state index contributed by atoms with van der Waals surface area (Å²) in [5.74, 6) is 7.02. The van der Waals surface area contributed by atoms with E-state index < -0.39 is 0 Å². The minimum Gasteiger partial charge on any atom is -0.395 e. The average molecular weight is 263 g/mol. The summed E-state index contributed by atoms with van der Waals surface area (Å²) in [4.78, 5) is 5.03. The van der Waals surface area contributed by atoms with Gasteiger partial charge >= 0.3 is 0 Å². The molecule has 0 saturated heterocycles. The van der Waals surface area contributed by atoms with Gasteiger partial charge in [-0.05, 0) is 37.4 Å². The van der Waals surface area contributed by atoms with Crippen LogP contribution in [0, 0.1) is 17.8 Å². The lowest BCUT2D eigenvalue weighted by Crippen LogP contribution is -2.24. The Kier molecular flexibility index (Phi) is 5.25. The minimum absolute atomic E-state index is 0.149. The third kappa shape index (κ3) is 4.45. The minimum atomic E-state index is 0.149. The Morgan fingerprint density at radius 1 is 1.44 bits per heavy atom. The van der Waals surface area contributed by atoms with E-state index in [-0.39, 0.29) is 6.61 Å². The molecule has 3 heteroatoms. The number of thiophene rings is 1. The molecule has 1 saturated carbocycles. The first-order valence-corrected chi connectivity index (χ1v) is 7.54. The van der Waals surface area contributed by atoms with Crippen LogP contribution in [0.25, 0.3) is 0 Å². The van der Waals surface area contributed by atoms with Gasteiger partial charge in [-0.1, -0.05) is 18.8 Å². The van der Waals surface area contributed by atoms with Gasteiger partial charge < -0.3 is 5.11 Å². The van der Waals surface area contributed by atoms with Gasteiger partial charge in [0.25, 0.3) is 0 Å². The molecule has 0 aliphatic heterocycles. The second-order valence-corrected chi connectivity index (χ2v) is 5.98. The highest BCUT2D eigenvalue weighted by atomic mass is 32.1. The fraction of sp³-hybridized carbons (Fsp3) is 0.600. The van der Waals surface area contributed by atoms with E-state index in [2.05, 4.69) is 35.8 Å². The van der Waals surface area contributed by atoms with E-state index in [1.807, 2.05) is 0 Å². The molecule has 2 nitrogen and oxygen atoms in total. The summed E-state index contributed by atoms with van der Waals surface area (Å²) in [7, 11) is 0. The molecule has 1 aromatic rings. The fourth-order valence-electron chi connectivity index (χ4n) is 1.93. The Bertz CT molecular complexity index is 425. The second kappa shape index (κ2) is 6.94. The quantitative estimate of drug-likeness (QED) is 0.798. The summed E-state index contributed by atoms with van der Waals surface area (Å²) in [5, 5.41) is 8.68. The third-order valence-corrected chi connectivity index (χ3v) is 4.14. The van der Waals surface area contributed by atoms with Gasteiger partial charge in [0, 0.05) is 24.4 Å². The molecule has 0 spiro atoms. The topological polar surface area (TPSA) is 23.5 Å². The largest absolute Gasteiger partial charge is 0.395 e. The molecular formula is C15H21NOS. The van der Waals surface area contributed by atoms with Crippen LogP contribution in [0.1, 0.15) is 35.9 Å². The highest BCUT2D eigenvalue weighted by Crippen LogP contribution is 2.30. The standard InChI is InChI=1S/C15H21NOS/c1-2-16(11-13-6-7-13)12-15-9-8-14(18-15)5-3-4-10-17/h8-9,13,17H,2,4,6-7,10-12H2,1H3. The van der Waals surface area contributed by atoms with Crippen LogP contribution in [0.15, 0.2) is 12.1 Å². The van der Waals surface area contributed by atoms with Crippen molar-refractivity contribution in [3.05, 3.63) is 21.9 Å². The molecule has 98 valence electrons. The van der Waals surface area contributed by atoms with E-state index in [4.69, 9.17) is 5.11 Å². The molecule has 0 aromatic carbocycles. The molecule has 1 heterocycles. The Hall–Kier alpha value is -0.820. The van der Waals surface area contributed by atoms with E-state index in [9.17, 15) is 0 Å². The molecule has 0 atom stereocenters. The number of nitrogens with zero attached hydrogens (tertiary/aromatic N) is 1. The van der Waals surface area contributed by atoms with Gasteiger partial charge in [0.2, 0.25) is 0 Å². The maximum absolute atomic E-state index is 8.68. The smallest absolute Gasteiger partial charge is 0.0771 e. The van der Waals surface area contributed by atoms with Gasteiger partial charge in [-0.3, -0.25) is 4.90 Å². The predicted octanol–water partition coefficient (Wildman–Crippen LogP) is 2.71. The highest BCUT2D eigenvalue weighted by Gasteiger charge is 2.23. The highest BCUT2D eigenvalue weighted by molar-refractivity contribution is 7.12. The van der Waals surface area contributed by atoms with Gasteiger partial charge in [-0.2, -0.15) is 0 Å². The maximum Gasteiger partial charge on any atom is 0.0771 e. The summed E-state index contributed by atoms with van der Waals surface area (Å²) >= 11 is 1.78. The molecule has 0 radical (unpaired) electrons. The Morgan fingerprint density at radius 2 is 2.28 bits per heavy atom. The summed E-state index contributed by atoms with van der Waals surface area (Å²) in [5.41, 5.74) is 0. The molecule has 1 aromatic heterocycles. The zero-order chi connectivity index (χ0) is 12.8. The zero-order valence-corrected chi connectivity index (χ0v) is 11.8. The zero-order valence-electron chi connectivity index (χ0n) is 11.0. The van der Waals surface area contributed by atoms with Crippen LogP contribution < -0.4 is 0 Å². The molecule has 2 rings (SSSR count).